The minimum Gasteiger partial charge on any atom is -0.454 e. The van der Waals surface area contributed by atoms with E-state index in [0.29, 0.717) is 12.8 Å². The van der Waals surface area contributed by atoms with Crippen molar-refractivity contribution in [3.63, 3.8) is 0 Å². The Balaban J connectivity index is 3.27. The lowest BCUT2D eigenvalue weighted by Crippen LogP contribution is -2.12. The summed E-state index contributed by atoms with van der Waals surface area (Å²) < 4.78 is 8.93. The Morgan fingerprint density at radius 3 is 2.57 bits per heavy atom. The van der Waals surface area contributed by atoms with E-state index >= 15 is 0 Å². The molecule has 1 N–H and O–H groups in total. The van der Waals surface area contributed by atoms with Gasteiger partial charge in [-0.15, -0.1) is 0 Å². The summed E-state index contributed by atoms with van der Waals surface area (Å²) in [5.41, 5.74) is -0.820. The number of carbonyl (C=O) groups is 2. The van der Waals surface area contributed by atoms with E-state index in [4.69, 9.17) is 16.7 Å². The minimum absolute atomic E-state index is 0.252. The number of halogens is 1. The lowest BCUT2D eigenvalue weighted by atomic mass is 10.2. The van der Waals surface area contributed by atoms with E-state index in [9.17, 15) is 9.59 Å². The summed E-state index contributed by atoms with van der Waals surface area (Å²) in [6.45, 7) is 1.92. The number of carboxylic acid groups (broad SMARTS) is 1. The fourth-order valence-corrected chi connectivity index (χ4v) is 0.994. The van der Waals surface area contributed by atoms with Crippen molar-refractivity contribution in [2.45, 2.75) is 32.3 Å². The second-order valence-corrected chi connectivity index (χ2v) is 3.08. The monoisotopic (exact) mass is 224 g/mol. The van der Waals surface area contributed by atoms with Gasteiger partial charge in [-0.3, -0.25) is 0 Å². The molecule has 82 valence electrons. The van der Waals surface area contributed by atoms with Gasteiger partial charge in [-0.05, 0) is 26.2 Å². The molecule has 5 nitrogen and oxygen atoms in total. The van der Waals surface area contributed by atoms with Crippen LogP contribution in [0.5, 0.6) is 0 Å². The van der Waals surface area contributed by atoms with Gasteiger partial charge in [-0.25, -0.2) is 9.59 Å². The van der Waals surface area contributed by atoms with Crippen LogP contribution in [0.1, 0.15) is 26.2 Å². The van der Waals surface area contributed by atoms with E-state index in [2.05, 4.69) is 9.47 Å². The van der Waals surface area contributed by atoms with Crippen LogP contribution in [0.15, 0.2) is 0 Å². The quantitative estimate of drug-likeness (QED) is 0.427. The number of hydrogen-bond donors (Lipinski definition) is 1. The Bertz CT molecular complexity index is 194. The average molecular weight is 225 g/mol. The highest BCUT2D eigenvalue weighted by Gasteiger charge is 2.06. The zero-order valence-electron chi connectivity index (χ0n) is 7.86. The van der Waals surface area contributed by atoms with E-state index in [0.717, 1.165) is 6.42 Å². The topological polar surface area (TPSA) is 72.8 Å². The maximum atomic E-state index is 10.1. The van der Waals surface area contributed by atoms with E-state index in [1.165, 1.54) is 0 Å². The van der Waals surface area contributed by atoms with Gasteiger partial charge >= 0.3 is 11.6 Å². The van der Waals surface area contributed by atoms with Gasteiger partial charge in [-0.1, -0.05) is 0 Å². The summed E-state index contributed by atoms with van der Waals surface area (Å²) in [5.74, 6) is 0. The Morgan fingerprint density at radius 1 is 1.43 bits per heavy atom. The van der Waals surface area contributed by atoms with E-state index in [1.54, 1.807) is 6.92 Å². The van der Waals surface area contributed by atoms with Crippen LogP contribution in [0.4, 0.5) is 9.59 Å². The molecule has 0 spiro atoms. The van der Waals surface area contributed by atoms with E-state index < -0.39 is 11.6 Å². The van der Waals surface area contributed by atoms with Gasteiger partial charge in [0.05, 0.1) is 6.61 Å². The van der Waals surface area contributed by atoms with E-state index in [1.807, 2.05) is 0 Å². The first kappa shape index (κ1) is 13.0. The molecule has 0 aromatic carbocycles. The largest absolute Gasteiger partial charge is 0.506 e. The maximum Gasteiger partial charge on any atom is 0.506 e. The fraction of sp³-hybridized carbons (Fsp3) is 0.750. The molecule has 1 unspecified atom stereocenters. The molecule has 0 bridgehead atoms. The molecule has 1 atom stereocenters. The van der Waals surface area contributed by atoms with Crippen LogP contribution >= 0.6 is 11.6 Å². The third-order valence-electron chi connectivity index (χ3n) is 1.52. The van der Waals surface area contributed by atoms with E-state index in [-0.39, 0.29) is 12.7 Å². The summed E-state index contributed by atoms with van der Waals surface area (Å²) in [5, 5.41) is 8.25. The highest BCUT2D eigenvalue weighted by Crippen LogP contribution is 2.05. The Morgan fingerprint density at radius 2 is 2.07 bits per heavy atom. The number of rotatable bonds is 6. The van der Waals surface area contributed by atoms with Crippen molar-refractivity contribution in [2.75, 3.05) is 6.61 Å². The SMILES string of the molecule is CC(CCCCOC(=O)Cl)OC(=O)O. The predicted octanol–water partition coefficient (Wildman–Crippen LogP) is 2.62. The molecule has 0 amide bonds. The van der Waals surface area contributed by atoms with Gasteiger partial charge in [0.2, 0.25) is 0 Å². The summed E-state index contributed by atoms with van der Waals surface area (Å²) in [7, 11) is 0. The number of hydrogen-bond acceptors (Lipinski definition) is 4. The van der Waals surface area contributed by atoms with Crippen molar-refractivity contribution in [3.05, 3.63) is 0 Å². The van der Waals surface area contributed by atoms with Crippen LogP contribution in [-0.2, 0) is 9.47 Å². The van der Waals surface area contributed by atoms with Gasteiger partial charge < -0.3 is 14.6 Å². The summed E-state index contributed by atoms with van der Waals surface area (Å²) in [6, 6.07) is 0. The van der Waals surface area contributed by atoms with Crippen molar-refractivity contribution < 1.29 is 24.2 Å². The third-order valence-corrected chi connectivity index (χ3v) is 1.63. The lowest BCUT2D eigenvalue weighted by molar-refractivity contribution is 0.0543. The zero-order valence-corrected chi connectivity index (χ0v) is 8.62. The first-order chi connectivity index (χ1) is 6.52. The predicted molar refractivity (Wildman–Crippen MR) is 49.6 cm³/mol. The Labute approximate surface area is 86.9 Å². The van der Waals surface area contributed by atoms with Crippen LogP contribution in [0.2, 0.25) is 0 Å². The molecular formula is C8H13ClO5. The standard InChI is InChI=1S/C8H13ClO5/c1-6(14-8(11)12)4-2-3-5-13-7(9)10/h6H,2-5H2,1H3,(H,11,12). The van der Waals surface area contributed by atoms with Gasteiger partial charge in [0, 0.05) is 11.6 Å². The van der Waals surface area contributed by atoms with Crippen LogP contribution in [-0.4, -0.2) is 29.4 Å². The molecule has 0 aliphatic heterocycles. The van der Waals surface area contributed by atoms with Crippen molar-refractivity contribution >= 4 is 23.2 Å². The first-order valence-corrected chi connectivity index (χ1v) is 4.62. The highest BCUT2D eigenvalue weighted by atomic mass is 35.5. The van der Waals surface area contributed by atoms with Crippen molar-refractivity contribution in [3.8, 4) is 0 Å². The molecule has 14 heavy (non-hydrogen) atoms. The molecule has 0 aromatic rings. The van der Waals surface area contributed by atoms with Gasteiger partial charge in [0.25, 0.3) is 0 Å². The molecule has 0 aliphatic carbocycles. The molecular weight excluding hydrogens is 212 g/mol. The molecule has 0 fully saturated rings. The minimum atomic E-state index is -1.27. The number of unbranched alkanes of at least 4 members (excludes halogenated alkanes) is 1. The molecule has 6 heteroatoms. The Kier molecular flexibility index (Phi) is 6.92. The van der Waals surface area contributed by atoms with Crippen LogP contribution < -0.4 is 0 Å². The summed E-state index contributed by atoms with van der Waals surface area (Å²) >= 11 is 4.92. The number of carbonyl (C=O) groups excluding carboxylic acids is 1. The first-order valence-electron chi connectivity index (χ1n) is 4.24. The van der Waals surface area contributed by atoms with Crippen molar-refractivity contribution in [2.24, 2.45) is 0 Å². The van der Waals surface area contributed by atoms with Crippen LogP contribution in [0.3, 0.4) is 0 Å². The highest BCUT2D eigenvalue weighted by molar-refractivity contribution is 6.61. The van der Waals surface area contributed by atoms with Gasteiger partial charge in [-0.2, -0.15) is 0 Å². The third kappa shape index (κ3) is 9.12. The summed E-state index contributed by atoms with van der Waals surface area (Å²) in [4.78, 5) is 20.2. The van der Waals surface area contributed by atoms with Crippen molar-refractivity contribution in [1.29, 1.82) is 0 Å². The Hall–Kier alpha value is -0.970. The normalized spacial score (nSPS) is 11.9. The molecule has 0 heterocycles. The lowest BCUT2D eigenvalue weighted by Gasteiger charge is -2.09. The molecule has 0 rings (SSSR count). The van der Waals surface area contributed by atoms with Crippen molar-refractivity contribution in [1.82, 2.24) is 0 Å². The summed E-state index contributed by atoms with van der Waals surface area (Å²) in [6.07, 6.45) is 0.361. The smallest absolute Gasteiger partial charge is 0.454 e. The maximum absolute atomic E-state index is 10.1. The molecule has 0 saturated carbocycles. The number of ether oxygens (including phenoxy) is 2. The van der Waals surface area contributed by atoms with Crippen LogP contribution in [0.25, 0.3) is 0 Å². The molecule has 0 saturated heterocycles. The second-order valence-electron chi connectivity index (χ2n) is 2.78. The molecule has 0 radical (unpaired) electrons. The van der Waals surface area contributed by atoms with Gasteiger partial charge in [0.1, 0.15) is 6.10 Å². The average Bonchev–Trinajstić information content (AvgIpc) is 2.01. The van der Waals surface area contributed by atoms with Gasteiger partial charge in [0.15, 0.2) is 0 Å². The zero-order chi connectivity index (χ0) is 11.0. The fourth-order valence-electron chi connectivity index (χ4n) is 0.917. The molecule has 0 aliphatic rings. The van der Waals surface area contributed by atoms with Crippen LogP contribution in [0, 0.1) is 0 Å². The second kappa shape index (κ2) is 7.44. The molecule has 0 aromatic heterocycles.